The number of anilines is 1. The molecule has 180 valence electrons. The molecule has 0 unspecified atom stereocenters. The average molecular weight is 467 g/mol. The van der Waals surface area contributed by atoms with Gasteiger partial charge in [0.05, 0.1) is 18.0 Å². The summed E-state index contributed by atoms with van der Waals surface area (Å²) in [5.41, 5.74) is 2.61. The molecule has 3 rings (SSSR count). The highest BCUT2D eigenvalue weighted by molar-refractivity contribution is 5.99. The molecule has 0 saturated carbocycles. The molecule has 0 aliphatic rings. The Morgan fingerprint density at radius 2 is 1.85 bits per heavy atom. The number of carbonyl (C=O) groups excluding carboxylic acids is 2. The fourth-order valence-corrected chi connectivity index (χ4v) is 3.44. The van der Waals surface area contributed by atoms with Crippen LogP contribution in [-0.2, 0) is 14.9 Å². The summed E-state index contributed by atoms with van der Waals surface area (Å²) in [7, 11) is 1.51. The van der Waals surface area contributed by atoms with Crippen LogP contribution in [0.5, 0.6) is 0 Å². The van der Waals surface area contributed by atoms with E-state index < -0.39 is 17.6 Å². The fourth-order valence-electron chi connectivity index (χ4n) is 3.44. The molecular weight excluding hydrogens is 435 g/mol. The fraction of sp³-hybridized carbons (Fsp3) is 0.346. The summed E-state index contributed by atoms with van der Waals surface area (Å²) in [6.07, 6.45) is 0. The molecule has 0 aliphatic heterocycles. The zero-order valence-electron chi connectivity index (χ0n) is 20.3. The van der Waals surface area contributed by atoms with Gasteiger partial charge in [-0.25, -0.2) is 9.07 Å². The second-order valence-corrected chi connectivity index (χ2v) is 9.14. The van der Waals surface area contributed by atoms with Gasteiger partial charge in [-0.3, -0.25) is 9.59 Å². The Hall–Kier alpha value is -3.52. The highest BCUT2D eigenvalue weighted by Gasteiger charge is 2.24. The molecule has 7 nitrogen and oxygen atoms in total. The van der Waals surface area contributed by atoms with E-state index in [1.807, 2.05) is 58.0 Å². The van der Waals surface area contributed by atoms with E-state index in [1.54, 1.807) is 4.68 Å². The maximum absolute atomic E-state index is 13.6. The molecule has 1 heterocycles. The Bertz CT molecular complexity index is 1170. The summed E-state index contributed by atoms with van der Waals surface area (Å²) in [5.74, 6) is -0.849. The van der Waals surface area contributed by atoms with Gasteiger partial charge < -0.3 is 15.0 Å². The maximum atomic E-state index is 13.6. The standard InChI is InChI=1S/C26H31FN4O3/c1-18-9-6-7-12-21(18)31-23(16-22(29-31)26(2,3)4)28-24(32)17-30(13-14-34-5)25(33)19-10-8-11-20(27)15-19/h6-12,15-16H,13-14,17H2,1-5H3,(H,28,32). The largest absolute Gasteiger partial charge is 0.383 e. The van der Waals surface area contributed by atoms with Crippen molar-refractivity contribution in [3.8, 4) is 5.69 Å². The summed E-state index contributed by atoms with van der Waals surface area (Å²) in [4.78, 5) is 27.4. The van der Waals surface area contributed by atoms with Gasteiger partial charge >= 0.3 is 0 Å². The third-order valence-electron chi connectivity index (χ3n) is 5.35. The normalized spacial score (nSPS) is 11.4. The molecular formula is C26H31FN4O3. The van der Waals surface area contributed by atoms with Crippen molar-refractivity contribution < 1.29 is 18.7 Å². The number of rotatable bonds is 8. The van der Waals surface area contributed by atoms with Crippen molar-refractivity contribution in [2.45, 2.75) is 33.1 Å². The minimum absolute atomic E-state index is 0.170. The highest BCUT2D eigenvalue weighted by atomic mass is 19.1. The SMILES string of the molecule is COCCN(CC(=O)Nc1cc(C(C)(C)C)nn1-c1ccccc1C)C(=O)c1cccc(F)c1. The number of carbonyl (C=O) groups is 2. The van der Waals surface area contributed by atoms with E-state index in [-0.39, 0.29) is 30.7 Å². The van der Waals surface area contributed by atoms with E-state index in [4.69, 9.17) is 9.84 Å². The lowest BCUT2D eigenvalue weighted by atomic mass is 9.92. The molecule has 34 heavy (non-hydrogen) atoms. The summed E-state index contributed by atoms with van der Waals surface area (Å²) < 4.78 is 20.5. The molecule has 0 atom stereocenters. The molecule has 2 amide bonds. The van der Waals surface area contributed by atoms with Crippen LogP contribution < -0.4 is 5.32 Å². The highest BCUT2D eigenvalue weighted by Crippen LogP contribution is 2.27. The first-order valence-corrected chi connectivity index (χ1v) is 11.1. The number of nitrogens with one attached hydrogen (secondary N) is 1. The Morgan fingerprint density at radius 1 is 1.12 bits per heavy atom. The van der Waals surface area contributed by atoms with Crippen molar-refractivity contribution in [2.24, 2.45) is 0 Å². The zero-order valence-corrected chi connectivity index (χ0v) is 20.3. The molecule has 0 aliphatic carbocycles. The summed E-state index contributed by atoms with van der Waals surface area (Å²) in [6.45, 7) is 8.33. The van der Waals surface area contributed by atoms with E-state index in [9.17, 15) is 14.0 Å². The number of halogens is 1. The third-order valence-corrected chi connectivity index (χ3v) is 5.35. The Kier molecular flexibility index (Phi) is 7.83. The minimum Gasteiger partial charge on any atom is -0.383 e. The predicted molar refractivity (Wildman–Crippen MR) is 130 cm³/mol. The lowest BCUT2D eigenvalue weighted by Gasteiger charge is -2.22. The van der Waals surface area contributed by atoms with Gasteiger partial charge in [0, 0.05) is 30.7 Å². The van der Waals surface area contributed by atoms with Crippen LogP contribution in [0.2, 0.25) is 0 Å². The molecule has 0 bridgehead atoms. The smallest absolute Gasteiger partial charge is 0.254 e. The van der Waals surface area contributed by atoms with Crippen LogP contribution >= 0.6 is 0 Å². The number of ether oxygens (including phenoxy) is 1. The predicted octanol–water partition coefficient (Wildman–Crippen LogP) is 4.34. The van der Waals surface area contributed by atoms with Crippen molar-refractivity contribution in [3.05, 3.63) is 77.2 Å². The Balaban J connectivity index is 1.87. The zero-order chi connectivity index (χ0) is 24.9. The van der Waals surface area contributed by atoms with E-state index in [0.717, 1.165) is 23.0 Å². The second kappa shape index (κ2) is 10.6. The van der Waals surface area contributed by atoms with Crippen molar-refractivity contribution in [1.82, 2.24) is 14.7 Å². The number of benzene rings is 2. The number of amides is 2. The van der Waals surface area contributed by atoms with Crippen LogP contribution in [0.4, 0.5) is 10.2 Å². The van der Waals surface area contributed by atoms with Crippen molar-refractivity contribution in [3.63, 3.8) is 0 Å². The Labute approximate surface area is 199 Å². The van der Waals surface area contributed by atoms with Crippen LogP contribution in [-0.4, -0.2) is 53.3 Å². The number of aryl methyl sites for hydroxylation is 1. The molecule has 0 spiro atoms. The number of para-hydroxylation sites is 1. The Morgan fingerprint density at radius 3 is 2.50 bits per heavy atom. The van der Waals surface area contributed by atoms with E-state index in [1.165, 1.54) is 30.2 Å². The number of hydrogen-bond donors (Lipinski definition) is 1. The van der Waals surface area contributed by atoms with Gasteiger partial charge in [-0.15, -0.1) is 0 Å². The molecule has 1 aromatic heterocycles. The molecule has 0 radical (unpaired) electrons. The number of aromatic nitrogens is 2. The summed E-state index contributed by atoms with van der Waals surface area (Å²) in [6, 6.07) is 15.0. The topological polar surface area (TPSA) is 76.5 Å². The third kappa shape index (κ3) is 6.08. The first-order valence-electron chi connectivity index (χ1n) is 11.1. The average Bonchev–Trinajstić information content (AvgIpc) is 3.20. The second-order valence-electron chi connectivity index (χ2n) is 9.14. The minimum atomic E-state index is -0.515. The first kappa shape index (κ1) is 25.1. The van der Waals surface area contributed by atoms with Gasteiger partial charge in [-0.1, -0.05) is 45.0 Å². The van der Waals surface area contributed by atoms with Crippen molar-refractivity contribution in [1.29, 1.82) is 0 Å². The van der Waals surface area contributed by atoms with Crippen LogP contribution in [0, 0.1) is 12.7 Å². The van der Waals surface area contributed by atoms with Crippen LogP contribution in [0.1, 0.15) is 42.4 Å². The van der Waals surface area contributed by atoms with Gasteiger partial charge in [-0.05, 0) is 36.8 Å². The number of nitrogens with zero attached hydrogens (tertiary/aromatic N) is 3. The molecule has 0 fully saturated rings. The summed E-state index contributed by atoms with van der Waals surface area (Å²) in [5, 5.41) is 7.65. The van der Waals surface area contributed by atoms with Crippen LogP contribution in [0.15, 0.2) is 54.6 Å². The molecule has 8 heteroatoms. The maximum Gasteiger partial charge on any atom is 0.254 e. The lowest BCUT2D eigenvalue weighted by molar-refractivity contribution is -0.117. The van der Waals surface area contributed by atoms with Gasteiger partial charge in [0.15, 0.2) is 0 Å². The van der Waals surface area contributed by atoms with Gasteiger partial charge in [0.1, 0.15) is 18.2 Å². The van der Waals surface area contributed by atoms with E-state index in [2.05, 4.69) is 5.32 Å². The molecule has 2 aromatic carbocycles. The summed E-state index contributed by atoms with van der Waals surface area (Å²) >= 11 is 0. The number of hydrogen-bond acceptors (Lipinski definition) is 4. The van der Waals surface area contributed by atoms with Crippen molar-refractivity contribution >= 4 is 17.6 Å². The molecule has 3 aromatic rings. The first-order chi connectivity index (χ1) is 16.1. The monoisotopic (exact) mass is 466 g/mol. The number of methoxy groups -OCH3 is 1. The van der Waals surface area contributed by atoms with Gasteiger partial charge in [0.25, 0.3) is 5.91 Å². The van der Waals surface area contributed by atoms with Gasteiger partial charge in [-0.2, -0.15) is 5.10 Å². The lowest BCUT2D eigenvalue weighted by Crippen LogP contribution is -2.40. The molecule has 0 saturated heterocycles. The van der Waals surface area contributed by atoms with Crippen LogP contribution in [0.25, 0.3) is 5.69 Å². The van der Waals surface area contributed by atoms with E-state index >= 15 is 0 Å². The van der Waals surface area contributed by atoms with Crippen LogP contribution in [0.3, 0.4) is 0 Å². The van der Waals surface area contributed by atoms with Crippen molar-refractivity contribution in [2.75, 3.05) is 32.1 Å². The quantitative estimate of drug-likeness (QED) is 0.536. The molecule has 1 N–H and O–H groups in total. The van der Waals surface area contributed by atoms with E-state index in [0.29, 0.717) is 5.82 Å². The van der Waals surface area contributed by atoms with Gasteiger partial charge in [0.2, 0.25) is 5.91 Å².